The van der Waals surface area contributed by atoms with Crippen LogP contribution in [0.15, 0.2) is 4.99 Å². The normalized spacial score (nSPS) is 23.1. The van der Waals surface area contributed by atoms with E-state index in [1.165, 1.54) is 0 Å². The second-order valence-corrected chi connectivity index (χ2v) is 6.08. The number of nitrogens with one attached hydrogen (secondary N) is 1. The fourth-order valence-electron chi connectivity index (χ4n) is 1.39. The van der Waals surface area contributed by atoms with Crippen molar-refractivity contribution >= 4 is 16.9 Å². The minimum absolute atomic E-state index is 0.156. The Labute approximate surface area is 97.1 Å². The average Bonchev–Trinajstić information content (AvgIpc) is 2.42. The summed E-state index contributed by atoms with van der Waals surface area (Å²) in [6, 6.07) is 0. The maximum Gasteiger partial charge on any atom is 0.157 e. The van der Waals surface area contributed by atoms with Gasteiger partial charge in [-0.15, -0.1) is 0 Å². The number of thioether (sulfide) groups is 1. The Morgan fingerprint density at radius 1 is 1.53 bits per heavy atom. The van der Waals surface area contributed by atoms with Crippen LogP contribution in [0.3, 0.4) is 0 Å². The first-order valence-corrected chi connectivity index (χ1v) is 6.43. The largest absolute Gasteiger partial charge is 0.374 e. The molecule has 1 rings (SSSR count). The molecular weight excluding hydrogens is 208 g/mol. The predicted molar refractivity (Wildman–Crippen MR) is 67.7 cm³/mol. The Bertz CT molecular complexity index is 249. The number of hydrogen-bond donors (Lipinski definition) is 1. The van der Waals surface area contributed by atoms with Crippen LogP contribution in [0.4, 0.5) is 0 Å². The van der Waals surface area contributed by atoms with Crippen molar-refractivity contribution in [1.82, 2.24) is 5.32 Å². The van der Waals surface area contributed by atoms with Gasteiger partial charge >= 0.3 is 0 Å². The van der Waals surface area contributed by atoms with Crippen LogP contribution < -0.4 is 5.32 Å². The molecule has 0 aromatic rings. The Kier molecular flexibility index (Phi) is 4.06. The zero-order valence-electron chi connectivity index (χ0n) is 10.4. The van der Waals surface area contributed by atoms with Crippen molar-refractivity contribution in [2.24, 2.45) is 4.99 Å². The average molecular weight is 230 g/mol. The van der Waals surface area contributed by atoms with Crippen molar-refractivity contribution in [3.63, 3.8) is 0 Å². The van der Waals surface area contributed by atoms with Crippen LogP contribution in [-0.2, 0) is 4.74 Å². The van der Waals surface area contributed by atoms with E-state index in [4.69, 9.17) is 4.74 Å². The number of aliphatic imine (C=N–C) groups is 1. The summed E-state index contributed by atoms with van der Waals surface area (Å²) in [5.74, 6) is 1.08. The first-order chi connectivity index (χ1) is 6.85. The quantitative estimate of drug-likeness (QED) is 0.804. The van der Waals surface area contributed by atoms with Crippen molar-refractivity contribution in [2.75, 3.05) is 18.9 Å². The van der Waals surface area contributed by atoms with Crippen molar-refractivity contribution in [1.29, 1.82) is 0 Å². The van der Waals surface area contributed by atoms with E-state index in [2.05, 4.69) is 38.0 Å². The molecule has 0 bridgehead atoms. The van der Waals surface area contributed by atoms with Crippen LogP contribution in [0.5, 0.6) is 0 Å². The van der Waals surface area contributed by atoms with E-state index in [-0.39, 0.29) is 11.1 Å². The Morgan fingerprint density at radius 3 is 2.67 bits per heavy atom. The highest BCUT2D eigenvalue weighted by molar-refractivity contribution is 8.14. The van der Waals surface area contributed by atoms with Gasteiger partial charge in [0.2, 0.25) is 0 Å². The fourth-order valence-corrected chi connectivity index (χ4v) is 2.47. The monoisotopic (exact) mass is 230 g/mol. The number of amidine groups is 1. The third-order valence-corrected chi connectivity index (χ3v) is 3.52. The number of hydrogen-bond acceptors (Lipinski definition) is 3. The fraction of sp³-hybridized carbons (Fsp3) is 0.909. The third-order valence-electron chi connectivity index (χ3n) is 2.15. The molecule has 0 radical (unpaired) electrons. The van der Waals surface area contributed by atoms with Crippen molar-refractivity contribution < 1.29 is 4.74 Å². The van der Waals surface area contributed by atoms with Gasteiger partial charge in [0.25, 0.3) is 0 Å². The van der Waals surface area contributed by atoms with E-state index in [9.17, 15) is 0 Å². The van der Waals surface area contributed by atoms with Gasteiger partial charge in [0.1, 0.15) is 0 Å². The Balaban J connectivity index is 2.45. The summed E-state index contributed by atoms with van der Waals surface area (Å²) in [6.07, 6.45) is 0. The summed E-state index contributed by atoms with van der Waals surface area (Å²) in [5.41, 5.74) is 0.0238. The highest BCUT2D eigenvalue weighted by Gasteiger charge is 2.28. The molecule has 1 aliphatic rings. The standard InChI is InChI=1S/C11H22N2OS/c1-6-14-11(4,5)7-12-9-13-10(2,3)8-15-9/h6-8H2,1-5H3,(H,12,13). The molecule has 0 spiro atoms. The summed E-state index contributed by atoms with van der Waals surface area (Å²) >= 11 is 1.79. The van der Waals surface area contributed by atoms with Crippen LogP contribution in [0.25, 0.3) is 0 Å². The van der Waals surface area contributed by atoms with Gasteiger partial charge in [0.05, 0.1) is 12.1 Å². The van der Waals surface area contributed by atoms with Crippen LogP contribution in [0.2, 0.25) is 0 Å². The molecular formula is C11H22N2OS. The molecule has 0 aromatic carbocycles. The van der Waals surface area contributed by atoms with Crippen molar-refractivity contribution in [2.45, 2.75) is 45.8 Å². The van der Waals surface area contributed by atoms with Gasteiger partial charge in [-0.05, 0) is 34.6 Å². The molecule has 15 heavy (non-hydrogen) atoms. The van der Waals surface area contributed by atoms with E-state index < -0.39 is 0 Å². The van der Waals surface area contributed by atoms with Gasteiger partial charge in [0, 0.05) is 17.9 Å². The first kappa shape index (κ1) is 12.8. The number of nitrogens with zero attached hydrogens (tertiary/aromatic N) is 1. The van der Waals surface area contributed by atoms with Gasteiger partial charge in [-0.1, -0.05) is 11.8 Å². The molecule has 1 aliphatic heterocycles. The van der Waals surface area contributed by atoms with Crippen LogP contribution in [-0.4, -0.2) is 35.2 Å². The highest BCUT2D eigenvalue weighted by atomic mass is 32.2. The zero-order valence-corrected chi connectivity index (χ0v) is 11.2. The predicted octanol–water partition coefficient (Wildman–Crippen LogP) is 2.27. The van der Waals surface area contributed by atoms with Crippen molar-refractivity contribution in [3.05, 3.63) is 0 Å². The summed E-state index contributed by atoms with van der Waals surface area (Å²) in [6.45, 7) is 12.0. The second kappa shape index (κ2) is 4.74. The lowest BCUT2D eigenvalue weighted by molar-refractivity contribution is -0.00209. The molecule has 0 aromatic heterocycles. The number of rotatable bonds is 4. The molecule has 0 aliphatic carbocycles. The summed E-state index contributed by atoms with van der Waals surface area (Å²) < 4.78 is 5.60. The number of ether oxygens (including phenoxy) is 1. The Morgan fingerprint density at radius 2 is 2.20 bits per heavy atom. The molecule has 0 atom stereocenters. The maximum atomic E-state index is 5.60. The second-order valence-electron chi connectivity index (χ2n) is 5.11. The molecule has 0 unspecified atom stereocenters. The summed E-state index contributed by atoms with van der Waals surface area (Å²) in [7, 11) is 0. The molecule has 4 heteroatoms. The molecule has 0 saturated carbocycles. The summed E-state index contributed by atoms with van der Waals surface area (Å²) in [4.78, 5) is 4.55. The van der Waals surface area contributed by atoms with E-state index in [0.717, 1.165) is 17.5 Å². The lowest BCUT2D eigenvalue weighted by Crippen LogP contribution is -2.37. The van der Waals surface area contributed by atoms with Gasteiger partial charge < -0.3 is 10.1 Å². The maximum absolute atomic E-state index is 5.60. The molecule has 1 heterocycles. The lowest BCUT2D eigenvalue weighted by atomic mass is 10.1. The van der Waals surface area contributed by atoms with Gasteiger partial charge in [-0.25, -0.2) is 0 Å². The minimum atomic E-state index is -0.156. The van der Waals surface area contributed by atoms with Gasteiger partial charge in [-0.3, -0.25) is 4.99 Å². The van der Waals surface area contributed by atoms with E-state index in [1.807, 2.05) is 6.92 Å². The van der Waals surface area contributed by atoms with Gasteiger partial charge in [0.15, 0.2) is 5.17 Å². The highest BCUT2D eigenvalue weighted by Crippen LogP contribution is 2.22. The first-order valence-electron chi connectivity index (χ1n) is 5.44. The topological polar surface area (TPSA) is 33.6 Å². The van der Waals surface area contributed by atoms with Crippen molar-refractivity contribution in [3.8, 4) is 0 Å². The molecule has 1 saturated heterocycles. The molecule has 0 amide bonds. The van der Waals surface area contributed by atoms with E-state index in [0.29, 0.717) is 6.54 Å². The van der Waals surface area contributed by atoms with E-state index >= 15 is 0 Å². The zero-order chi connectivity index (χ0) is 11.5. The minimum Gasteiger partial charge on any atom is -0.374 e. The smallest absolute Gasteiger partial charge is 0.157 e. The SMILES string of the molecule is CCOC(C)(C)CN=C1NC(C)(C)CS1. The molecule has 1 fully saturated rings. The lowest BCUT2D eigenvalue weighted by Gasteiger charge is -2.22. The molecule has 88 valence electrons. The Hall–Kier alpha value is -0.220. The molecule has 3 nitrogen and oxygen atoms in total. The summed E-state index contributed by atoms with van der Waals surface area (Å²) in [5, 5.41) is 4.45. The van der Waals surface area contributed by atoms with Gasteiger partial charge in [-0.2, -0.15) is 0 Å². The molecule has 1 N–H and O–H groups in total. The van der Waals surface area contributed by atoms with Crippen LogP contribution >= 0.6 is 11.8 Å². The van der Waals surface area contributed by atoms with Crippen LogP contribution in [0, 0.1) is 0 Å². The van der Waals surface area contributed by atoms with Crippen LogP contribution in [0.1, 0.15) is 34.6 Å². The van der Waals surface area contributed by atoms with E-state index in [1.54, 1.807) is 11.8 Å². The third kappa shape index (κ3) is 4.43.